The summed E-state index contributed by atoms with van der Waals surface area (Å²) in [5.74, 6) is 0.570. The van der Waals surface area contributed by atoms with Crippen LogP contribution < -0.4 is 0 Å². The van der Waals surface area contributed by atoms with E-state index in [1.165, 1.54) is 35.2 Å². The SMILES string of the molecule is O=S(=O)(c1ccccc1)n1ccc2cc(C3CCCC3)cnc21. The highest BCUT2D eigenvalue weighted by Gasteiger charge is 2.21. The monoisotopic (exact) mass is 326 g/mol. The quantitative estimate of drug-likeness (QED) is 0.733. The Morgan fingerprint density at radius 1 is 1.04 bits per heavy atom. The topological polar surface area (TPSA) is 52.0 Å². The summed E-state index contributed by atoms with van der Waals surface area (Å²) >= 11 is 0. The van der Waals surface area contributed by atoms with E-state index in [1.807, 2.05) is 12.3 Å². The lowest BCUT2D eigenvalue weighted by molar-refractivity contribution is 0.588. The number of hydrogen-bond donors (Lipinski definition) is 0. The first kappa shape index (κ1) is 14.5. The highest BCUT2D eigenvalue weighted by Crippen LogP contribution is 2.35. The third-order valence-electron chi connectivity index (χ3n) is 4.64. The van der Waals surface area contributed by atoms with E-state index in [-0.39, 0.29) is 4.90 Å². The van der Waals surface area contributed by atoms with Gasteiger partial charge in [0.1, 0.15) is 0 Å². The molecule has 118 valence electrons. The molecule has 0 spiro atoms. The fraction of sp³-hybridized carbons (Fsp3) is 0.278. The number of nitrogens with zero attached hydrogens (tertiary/aromatic N) is 2. The molecule has 4 rings (SSSR count). The molecule has 0 aliphatic heterocycles. The van der Waals surface area contributed by atoms with Gasteiger partial charge in [-0.3, -0.25) is 0 Å². The van der Waals surface area contributed by atoms with Crippen LogP contribution in [0.15, 0.2) is 59.8 Å². The molecule has 0 bridgehead atoms. The fourth-order valence-electron chi connectivity index (χ4n) is 3.40. The van der Waals surface area contributed by atoms with Gasteiger partial charge in [0.2, 0.25) is 0 Å². The molecule has 0 saturated heterocycles. The zero-order valence-electron chi connectivity index (χ0n) is 12.7. The van der Waals surface area contributed by atoms with Gasteiger partial charge in [0, 0.05) is 17.8 Å². The van der Waals surface area contributed by atoms with Crippen molar-refractivity contribution in [1.29, 1.82) is 0 Å². The number of fused-ring (bicyclic) bond motifs is 1. The van der Waals surface area contributed by atoms with Crippen molar-refractivity contribution in [3.63, 3.8) is 0 Å². The lowest BCUT2D eigenvalue weighted by Crippen LogP contribution is -2.12. The molecule has 1 fully saturated rings. The summed E-state index contributed by atoms with van der Waals surface area (Å²) in [4.78, 5) is 4.74. The molecule has 0 N–H and O–H groups in total. The van der Waals surface area contributed by atoms with Gasteiger partial charge in [0.15, 0.2) is 5.65 Å². The Labute approximate surface area is 135 Å². The summed E-state index contributed by atoms with van der Waals surface area (Å²) in [6.07, 6.45) is 8.39. The predicted octanol–water partition coefficient (Wildman–Crippen LogP) is 3.93. The number of hydrogen-bond acceptors (Lipinski definition) is 3. The van der Waals surface area contributed by atoms with E-state index < -0.39 is 10.0 Å². The van der Waals surface area contributed by atoms with Crippen molar-refractivity contribution in [2.75, 3.05) is 0 Å². The van der Waals surface area contributed by atoms with Gasteiger partial charge in [-0.15, -0.1) is 0 Å². The molecule has 0 atom stereocenters. The molecular weight excluding hydrogens is 308 g/mol. The van der Waals surface area contributed by atoms with Gasteiger partial charge in [0.25, 0.3) is 10.0 Å². The second-order valence-corrected chi connectivity index (χ2v) is 7.91. The Balaban J connectivity index is 1.80. The lowest BCUT2D eigenvalue weighted by atomic mass is 9.99. The maximum absolute atomic E-state index is 12.8. The van der Waals surface area contributed by atoms with Gasteiger partial charge in [-0.05, 0) is 48.6 Å². The van der Waals surface area contributed by atoms with Crippen LogP contribution in [0.4, 0.5) is 0 Å². The Morgan fingerprint density at radius 3 is 2.52 bits per heavy atom. The van der Waals surface area contributed by atoms with Crippen molar-refractivity contribution < 1.29 is 8.42 Å². The van der Waals surface area contributed by atoms with Crippen LogP contribution in [0.5, 0.6) is 0 Å². The van der Waals surface area contributed by atoms with Crippen LogP contribution in [0, 0.1) is 0 Å². The Bertz CT molecular complexity index is 940. The van der Waals surface area contributed by atoms with Gasteiger partial charge in [-0.1, -0.05) is 31.0 Å². The average molecular weight is 326 g/mol. The van der Waals surface area contributed by atoms with E-state index in [9.17, 15) is 8.42 Å². The van der Waals surface area contributed by atoms with Crippen LogP contribution >= 0.6 is 0 Å². The predicted molar refractivity (Wildman–Crippen MR) is 90.0 cm³/mol. The molecule has 1 saturated carbocycles. The van der Waals surface area contributed by atoms with Crippen molar-refractivity contribution in [3.05, 3.63) is 60.4 Å². The molecule has 0 unspecified atom stereocenters. The molecular formula is C18H18N2O2S. The van der Waals surface area contributed by atoms with Gasteiger partial charge in [-0.25, -0.2) is 17.4 Å². The normalized spacial score (nSPS) is 16.2. The lowest BCUT2D eigenvalue weighted by Gasteiger charge is -2.10. The molecule has 2 aromatic heterocycles. The third kappa shape index (κ3) is 2.45. The second kappa shape index (κ2) is 5.49. The molecule has 5 heteroatoms. The Kier molecular flexibility index (Phi) is 3.45. The van der Waals surface area contributed by atoms with E-state index in [1.54, 1.807) is 36.5 Å². The first-order valence-corrected chi connectivity index (χ1v) is 9.38. The van der Waals surface area contributed by atoms with Crippen molar-refractivity contribution in [1.82, 2.24) is 8.96 Å². The molecule has 0 amide bonds. The van der Waals surface area contributed by atoms with Gasteiger partial charge in [-0.2, -0.15) is 0 Å². The number of rotatable bonds is 3. The minimum atomic E-state index is -3.60. The molecule has 3 aromatic rings. The molecule has 1 aliphatic carbocycles. The number of benzene rings is 1. The Hall–Kier alpha value is -2.14. The largest absolute Gasteiger partial charge is 0.269 e. The summed E-state index contributed by atoms with van der Waals surface area (Å²) in [5.41, 5.74) is 1.72. The van der Waals surface area contributed by atoms with Gasteiger partial charge < -0.3 is 0 Å². The van der Waals surface area contributed by atoms with E-state index in [2.05, 4.69) is 11.1 Å². The summed E-state index contributed by atoms with van der Waals surface area (Å²) in [5, 5.41) is 0.883. The zero-order valence-corrected chi connectivity index (χ0v) is 13.5. The van der Waals surface area contributed by atoms with Crippen LogP contribution in [-0.2, 0) is 10.0 Å². The van der Waals surface area contributed by atoms with Crippen molar-refractivity contribution in [2.24, 2.45) is 0 Å². The average Bonchev–Trinajstić information content (AvgIpc) is 3.25. The molecule has 1 aromatic carbocycles. The zero-order chi connectivity index (χ0) is 15.9. The van der Waals surface area contributed by atoms with Crippen LogP contribution in [0.1, 0.15) is 37.2 Å². The third-order valence-corrected chi connectivity index (χ3v) is 6.32. The molecule has 4 nitrogen and oxygen atoms in total. The van der Waals surface area contributed by atoms with Crippen LogP contribution in [0.25, 0.3) is 11.0 Å². The van der Waals surface area contributed by atoms with Crippen molar-refractivity contribution >= 4 is 21.1 Å². The van der Waals surface area contributed by atoms with E-state index in [4.69, 9.17) is 0 Å². The maximum atomic E-state index is 12.8. The fourth-order valence-corrected chi connectivity index (χ4v) is 4.73. The molecule has 1 aliphatic rings. The highest BCUT2D eigenvalue weighted by atomic mass is 32.2. The second-order valence-electron chi connectivity index (χ2n) is 6.09. The summed E-state index contributed by atoms with van der Waals surface area (Å²) < 4.78 is 26.8. The summed E-state index contributed by atoms with van der Waals surface area (Å²) in [6.45, 7) is 0. The minimum absolute atomic E-state index is 0.277. The molecule has 23 heavy (non-hydrogen) atoms. The minimum Gasteiger partial charge on any atom is -0.237 e. The van der Waals surface area contributed by atoms with Crippen molar-refractivity contribution in [3.8, 4) is 0 Å². The molecule has 0 radical (unpaired) electrons. The first-order valence-electron chi connectivity index (χ1n) is 7.94. The standard InChI is InChI=1S/C18H18N2O2S/c21-23(22,17-8-2-1-3-9-17)20-11-10-15-12-16(13-19-18(15)20)14-6-4-5-7-14/h1-3,8-14H,4-7H2. The van der Waals surface area contributed by atoms with Gasteiger partial charge in [0.05, 0.1) is 4.90 Å². The first-order chi connectivity index (χ1) is 11.2. The van der Waals surface area contributed by atoms with Crippen LogP contribution in [0.2, 0.25) is 0 Å². The van der Waals surface area contributed by atoms with Gasteiger partial charge >= 0.3 is 0 Å². The van der Waals surface area contributed by atoms with E-state index >= 15 is 0 Å². The highest BCUT2D eigenvalue weighted by molar-refractivity contribution is 7.90. The Morgan fingerprint density at radius 2 is 1.78 bits per heavy atom. The van der Waals surface area contributed by atoms with Crippen LogP contribution in [-0.4, -0.2) is 17.4 Å². The molecule has 2 heterocycles. The maximum Gasteiger partial charge on any atom is 0.269 e. The summed E-state index contributed by atoms with van der Waals surface area (Å²) in [6, 6.07) is 12.4. The number of pyridine rings is 1. The van der Waals surface area contributed by atoms with E-state index in [0.717, 1.165) is 5.39 Å². The van der Waals surface area contributed by atoms with Crippen molar-refractivity contribution in [2.45, 2.75) is 36.5 Å². The smallest absolute Gasteiger partial charge is 0.237 e. The van der Waals surface area contributed by atoms with Crippen LogP contribution in [0.3, 0.4) is 0 Å². The van der Waals surface area contributed by atoms with E-state index in [0.29, 0.717) is 11.6 Å². The summed E-state index contributed by atoms with van der Waals surface area (Å²) in [7, 11) is -3.60. The number of aromatic nitrogens is 2.